The van der Waals surface area contributed by atoms with Gasteiger partial charge in [0.2, 0.25) is 0 Å². The lowest BCUT2D eigenvalue weighted by Gasteiger charge is -2.28. The third-order valence-corrected chi connectivity index (χ3v) is 27.4. The van der Waals surface area contributed by atoms with Crippen molar-refractivity contribution in [3.05, 3.63) is 0 Å². The number of ether oxygens (including phenoxy) is 3. The van der Waals surface area contributed by atoms with Gasteiger partial charge in [-0.2, -0.15) is 0 Å². The normalized spacial score (nSPS) is 12.0. The second kappa shape index (κ2) is 60.1. The van der Waals surface area contributed by atoms with Crippen LogP contribution >= 0.6 is 0 Å². The molecular weight excluding hydrogens is 1090 g/mol. The molecule has 0 N–H and O–H groups in total. The Labute approximate surface area is 474 Å². The van der Waals surface area contributed by atoms with Crippen molar-refractivity contribution in [2.24, 2.45) is 0 Å². The second-order valence-corrected chi connectivity index (χ2v) is 33.1. The SMILES string of the molecule is CCCCCCC(OC)(OC)OC.CCC[Si](OC)(OC)OC.CCC[Si](OCC)(OCC)OCC.CCO[Si](C)(OCC)OCC.CCO[Si](CC)(OCC)OCC.CC[Si](OC)(OC)OC.CO[Si](C)(OC)OC. The monoisotopic (exact) mass is 1220 g/mol. The fraction of sp³-hybridized carbons (Fsp3) is 1.00. The molecule has 0 aliphatic rings. The Hall–Kier alpha value is 0.461. The first-order valence-electron chi connectivity index (χ1n) is 27.5. The summed E-state index contributed by atoms with van der Waals surface area (Å²) >= 11 is 0. The highest BCUT2D eigenvalue weighted by Gasteiger charge is 2.40. The molecule has 0 aliphatic heterocycles. The van der Waals surface area contributed by atoms with Gasteiger partial charge < -0.3 is 93.9 Å². The van der Waals surface area contributed by atoms with E-state index < -0.39 is 58.8 Å². The van der Waals surface area contributed by atoms with E-state index in [4.69, 9.17) is 93.9 Å². The summed E-state index contributed by atoms with van der Waals surface area (Å²) in [6.45, 7) is 37.9. The predicted molar refractivity (Wildman–Crippen MR) is 318 cm³/mol. The van der Waals surface area contributed by atoms with Crippen LogP contribution in [0.4, 0.5) is 0 Å². The first-order valence-corrected chi connectivity index (χ1v) is 39.6. The Bertz CT molecular complexity index is 1010. The summed E-state index contributed by atoms with van der Waals surface area (Å²) in [5, 5.41) is 0. The summed E-state index contributed by atoms with van der Waals surface area (Å²) in [5.41, 5.74) is 0. The Morgan fingerprint density at radius 1 is 0.263 bits per heavy atom. The fourth-order valence-electron chi connectivity index (χ4n) is 6.43. The van der Waals surface area contributed by atoms with Crippen molar-refractivity contribution in [1.29, 1.82) is 0 Å². The molecule has 0 aliphatic carbocycles. The van der Waals surface area contributed by atoms with Gasteiger partial charge in [-0.05, 0) is 68.7 Å². The molecule has 0 heterocycles. The maximum absolute atomic E-state index is 5.65. The molecule has 76 heavy (non-hydrogen) atoms. The number of unbranched alkanes of at least 4 members (excludes halogenated alkanes) is 3. The molecule has 0 atom stereocenters. The smallest absolute Gasteiger partial charge is 0.377 e. The summed E-state index contributed by atoms with van der Waals surface area (Å²) < 4.78 is 111. The minimum atomic E-state index is -2.30. The minimum Gasteiger partial charge on any atom is -0.377 e. The fourth-order valence-corrected chi connectivity index (χ4v) is 16.6. The van der Waals surface area contributed by atoms with Crippen LogP contribution in [-0.4, -0.2) is 204 Å². The van der Waals surface area contributed by atoms with Gasteiger partial charge in [0.1, 0.15) is 0 Å². The minimum absolute atomic E-state index is 0.655. The zero-order chi connectivity index (χ0) is 60.5. The van der Waals surface area contributed by atoms with Crippen LogP contribution in [0.25, 0.3) is 0 Å². The summed E-state index contributed by atoms with van der Waals surface area (Å²) in [6.07, 6.45) is 7.63. The molecule has 27 heteroatoms. The molecule has 470 valence electrons. The second-order valence-electron chi connectivity index (χ2n) is 15.5. The van der Waals surface area contributed by atoms with Crippen LogP contribution in [0.5, 0.6) is 0 Å². The van der Waals surface area contributed by atoms with Crippen LogP contribution in [0.1, 0.15) is 142 Å². The molecule has 0 bridgehead atoms. The molecule has 0 spiro atoms. The molecule has 0 unspecified atom stereocenters. The van der Waals surface area contributed by atoms with Crippen molar-refractivity contribution in [2.75, 3.05) is 145 Å². The Balaban J connectivity index is -0.000000147. The summed E-state index contributed by atoms with van der Waals surface area (Å²) in [5.74, 6) is -0.826. The first-order chi connectivity index (χ1) is 36.1. The third-order valence-electron chi connectivity index (χ3n) is 10.6. The van der Waals surface area contributed by atoms with E-state index in [1.807, 2.05) is 89.3 Å². The number of hydrogen-bond acceptors (Lipinski definition) is 21. The van der Waals surface area contributed by atoms with Gasteiger partial charge in [0.15, 0.2) is 0 Å². The van der Waals surface area contributed by atoms with Gasteiger partial charge >= 0.3 is 52.8 Å². The van der Waals surface area contributed by atoms with E-state index in [-0.39, 0.29) is 0 Å². The maximum Gasteiger partial charge on any atom is 0.500 e. The van der Waals surface area contributed by atoms with E-state index in [1.165, 1.54) is 19.3 Å². The van der Waals surface area contributed by atoms with Gasteiger partial charge in [0.05, 0.1) is 0 Å². The summed E-state index contributed by atoms with van der Waals surface area (Å²) in [6, 6.07) is 3.47. The molecule has 0 saturated heterocycles. The molecule has 0 saturated carbocycles. The number of hydrogen-bond donors (Lipinski definition) is 0. The van der Waals surface area contributed by atoms with Crippen molar-refractivity contribution >= 4 is 52.8 Å². The predicted octanol–water partition coefficient (Wildman–Crippen LogP) is 11.4. The molecule has 0 aromatic carbocycles. The Morgan fingerprint density at radius 3 is 0.711 bits per heavy atom. The lowest BCUT2D eigenvalue weighted by Crippen LogP contribution is -2.45. The van der Waals surface area contributed by atoms with Gasteiger partial charge in [0.25, 0.3) is 5.97 Å². The first kappa shape index (κ1) is 90.2. The number of methoxy groups -OCH3 is 3. The molecule has 0 amide bonds. The van der Waals surface area contributed by atoms with E-state index in [9.17, 15) is 0 Å². The molecular formula is C49H124O21Si6. The van der Waals surface area contributed by atoms with Crippen LogP contribution in [0, 0.1) is 0 Å². The van der Waals surface area contributed by atoms with Crippen LogP contribution in [0.15, 0.2) is 0 Å². The van der Waals surface area contributed by atoms with E-state index in [0.717, 1.165) is 49.9 Å². The lowest BCUT2D eigenvalue weighted by molar-refractivity contribution is -0.355. The van der Waals surface area contributed by atoms with Crippen LogP contribution in [0.2, 0.25) is 37.3 Å². The highest BCUT2D eigenvalue weighted by molar-refractivity contribution is 6.62. The van der Waals surface area contributed by atoms with E-state index in [2.05, 4.69) is 20.8 Å². The van der Waals surface area contributed by atoms with Gasteiger partial charge in [-0.3, -0.25) is 0 Å². The molecule has 0 fully saturated rings. The van der Waals surface area contributed by atoms with Crippen molar-refractivity contribution in [3.63, 3.8) is 0 Å². The average molecular weight is 1220 g/mol. The van der Waals surface area contributed by atoms with E-state index >= 15 is 0 Å². The summed E-state index contributed by atoms with van der Waals surface area (Å²) in [4.78, 5) is 0. The lowest BCUT2D eigenvalue weighted by atomic mass is 10.1. The molecule has 21 nitrogen and oxygen atoms in total. The highest BCUT2D eigenvalue weighted by Crippen LogP contribution is 2.21. The standard InChI is InChI=1S/C10H22O3.C9H22O3Si.C8H20O3Si.C7H18O3Si.C6H16O3Si.C5H14O3Si.C4H12O3Si/c1-5-6-7-8-9-10(11-2,12-3)13-4;1-5-9-13(10-6-2,11-7-3)12-8-4;1-5-9-12(8-4,10-6-2)11-7-3;1-5-8-11(4,9-6-2)10-7-3;1-5-6-10(7-2,8-3)9-4;1-5-9(6-2,7-3)8-4;1-5-8(4,6-2)7-3/h2*5-9H2,1-4H3;5-8H2,1-4H3;5-7H2,1-4H3;5-6H2,1-4H3;5H2,1-4H3;1-4H3. The van der Waals surface area contributed by atoms with Crippen molar-refractivity contribution in [2.45, 2.75) is 185 Å². The topological polar surface area (TPSA) is 194 Å². The Kier molecular flexibility index (Phi) is 71.3. The van der Waals surface area contributed by atoms with Gasteiger partial charge in [-0.15, -0.1) is 0 Å². The zero-order valence-electron chi connectivity index (χ0n) is 54.2. The van der Waals surface area contributed by atoms with Crippen LogP contribution in [0.3, 0.4) is 0 Å². The third kappa shape index (κ3) is 46.0. The molecule has 0 rings (SSSR count). The average Bonchev–Trinajstić information content (AvgIpc) is 3.43. The van der Waals surface area contributed by atoms with E-state index in [0.29, 0.717) is 59.5 Å². The van der Waals surface area contributed by atoms with Crippen molar-refractivity contribution in [1.82, 2.24) is 0 Å². The van der Waals surface area contributed by atoms with Crippen molar-refractivity contribution in [3.8, 4) is 0 Å². The van der Waals surface area contributed by atoms with E-state index in [1.54, 1.807) is 85.3 Å². The molecule has 0 aromatic rings. The largest absolute Gasteiger partial charge is 0.500 e. The van der Waals surface area contributed by atoms with Gasteiger partial charge in [0, 0.05) is 188 Å². The molecule has 0 aromatic heterocycles. The Morgan fingerprint density at radius 2 is 0.539 bits per heavy atom. The van der Waals surface area contributed by atoms with Gasteiger partial charge in [-0.1, -0.05) is 66.7 Å². The quantitative estimate of drug-likeness (QED) is 0.0318. The maximum atomic E-state index is 5.65. The zero-order valence-corrected chi connectivity index (χ0v) is 60.2. The summed E-state index contributed by atoms with van der Waals surface area (Å²) in [7, 11) is 5.91. The van der Waals surface area contributed by atoms with Crippen LogP contribution in [-0.2, 0) is 93.9 Å². The number of rotatable bonds is 41. The van der Waals surface area contributed by atoms with Gasteiger partial charge in [-0.25, -0.2) is 0 Å². The van der Waals surface area contributed by atoms with Crippen molar-refractivity contribution < 1.29 is 93.9 Å². The van der Waals surface area contributed by atoms with Crippen LogP contribution < -0.4 is 0 Å². The molecule has 0 radical (unpaired) electrons. The highest BCUT2D eigenvalue weighted by atomic mass is 28.4.